The third kappa shape index (κ3) is 5.12. The average Bonchev–Trinajstić information content (AvgIpc) is 2.75. The van der Waals surface area contributed by atoms with Crippen molar-refractivity contribution in [2.24, 2.45) is 0 Å². The molecular weight excluding hydrogens is 394 g/mol. The number of rotatable bonds is 7. The van der Waals surface area contributed by atoms with Gasteiger partial charge in [-0.2, -0.15) is 0 Å². The lowest BCUT2D eigenvalue weighted by molar-refractivity contribution is -0.141. The minimum Gasteiger partial charge on any atom is -0.495 e. The van der Waals surface area contributed by atoms with E-state index >= 15 is 0 Å². The second-order valence-corrected chi connectivity index (χ2v) is 6.58. The van der Waals surface area contributed by atoms with Crippen molar-refractivity contribution in [1.82, 2.24) is 5.32 Å². The smallest absolute Gasteiger partial charge is 0.325 e. The number of amides is 1. The third-order valence-electron chi connectivity index (χ3n) is 4.24. The number of fused-ring (bicyclic) bond motifs is 1. The lowest BCUT2D eigenvalue weighted by Crippen LogP contribution is -2.31. The maximum atomic E-state index is 12.2. The number of esters is 1. The van der Waals surface area contributed by atoms with Gasteiger partial charge in [0.15, 0.2) is 12.4 Å². The summed E-state index contributed by atoms with van der Waals surface area (Å²) in [5.74, 6) is -1.09. The van der Waals surface area contributed by atoms with E-state index in [0.717, 1.165) is 10.8 Å². The summed E-state index contributed by atoms with van der Waals surface area (Å²) < 4.78 is 9.96. The summed E-state index contributed by atoms with van der Waals surface area (Å²) in [6, 6.07) is 17.4. The molecule has 0 saturated heterocycles. The summed E-state index contributed by atoms with van der Waals surface area (Å²) >= 11 is 5.98. The van der Waals surface area contributed by atoms with Gasteiger partial charge >= 0.3 is 5.97 Å². The Kier molecular flexibility index (Phi) is 6.46. The lowest BCUT2D eigenvalue weighted by Gasteiger charge is -2.08. The van der Waals surface area contributed by atoms with E-state index in [1.165, 1.54) is 19.2 Å². The van der Waals surface area contributed by atoms with Crippen LogP contribution < -0.4 is 10.1 Å². The minimum absolute atomic E-state index is 0.285. The monoisotopic (exact) mass is 411 g/mol. The van der Waals surface area contributed by atoms with Crippen LogP contribution >= 0.6 is 11.6 Å². The number of ether oxygens (including phenoxy) is 2. The fourth-order valence-corrected chi connectivity index (χ4v) is 2.96. The number of ketones is 1. The van der Waals surface area contributed by atoms with Crippen LogP contribution in [0.25, 0.3) is 10.8 Å². The number of methoxy groups -OCH3 is 1. The minimum atomic E-state index is -0.716. The van der Waals surface area contributed by atoms with Crippen molar-refractivity contribution in [3.63, 3.8) is 0 Å². The number of halogens is 1. The van der Waals surface area contributed by atoms with Crippen molar-refractivity contribution >= 4 is 40.0 Å². The van der Waals surface area contributed by atoms with E-state index < -0.39 is 24.3 Å². The number of hydrogen-bond donors (Lipinski definition) is 1. The Morgan fingerprint density at radius 2 is 1.66 bits per heavy atom. The van der Waals surface area contributed by atoms with Crippen LogP contribution in [0.2, 0.25) is 5.02 Å². The molecule has 0 saturated carbocycles. The Morgan fingerprint density at radius 3 is 2.38 bits per heavy atom. The van der Waals surface area contributed by atoms with Crippen LogP contribution in [0.3, 0.4) is 0 Å². The van der Waals surface area contributed by atoms with Crippen LogP contribution in [0, 0.1) is 0 Å². The first-order valence-corrected chi connectivity index (χ1v) is 9.15. The standard InChI is InChI=1S/C22H18ClNO5/c1-28-20-9-8-16(11-18(20)23)19(25)13-29-21(26)12-24-22(27)17-7-6-14-4-2-3-5-15(14)10-17/h2-11H,12-13H2,1H3,(H,24,27). The van der Waals surface area contributed by atoms with Crippen molar-refractivity contribution in [2.75, 3.05) is 20.3 Å². The first kappa shape index (κ1) is 20.4. The zero-order valence-electron chi connectivity index (χ0n) is 15.6. The molecule has 0 aromatic heterocycles. The van der Waals surface area contributed by atoms with E-state index in [1.807, 2.05) is 30.3 Å². The Balaban J connectivity index is 1.50. The van der Waals surface area contributed by atoms with Gasteiger partial charge in [0.05, 0.1) is 12.1 Å². The van der Waals surface area contributed by atoms with Gasteiger partial charge in [-0.3, -0.25) is 14.4 Å². The molecule has 0 aliphatic carbocycles. The molecule has 1 amide bonds. The number of carbonyl (C=O) groups excluding carboxylic acids is 3. The largest absolute Gasteiger partial charge is 0.495 e. The van der Waals surface area contributed by atoms with Crippen molar-refractivity contribution < 1.29 is 23.9 Å². The summed E-state index contributed by atoms with van der Waals surface area (Å²) in [4.78, 5) is 36.2. The van der Waals surface area contributed by atoms with Crippen LogP contribution in [0.1, 0.15) is 20.7 Å². The Labute approximate surface area is 172 Å². The van der Waals surface area contributed by atoms with Crippen LogP contribution in [-0.2, 0) is 9.53 Å². The Morgan fingerprint density at radius 1 is 0.931 bits per heavy atom. The van der Waals surface area contributed by atoms with Crippen molar-refractivity contribution in [3.05, 3.63) is 76.8 Å². The third-order valence-corrected chi connectivity index (χ3v) is 4.54. The molecule has 0 spiro atoms. The van der Waals surface area contributed by atoms with Crippen LogP contribution in [0.15, 0.2) is 60.7 Å². The predicted octanol–water partition coefficient (Wildman–Crippen LogP) is 3.66. The first-order chi connectivity index (χ1) is 14.0. The Hall–Kier alpha value is -3.38. The topological polar surface area (TPSA) is 81.7 Å². The first-order valence-electron chi connectivity index (χ1n) is 8.77. The highest BCUT2D eigenvalue weighted by molar-refractivity contribution is 6.32. The molecule has 3 rings (SSSR count). The van der Waals surface area contributed by atoms with E-state index in [2.05, 4.69) is 5.32 Å². The molecule has 148 valence electrons. The van der Waals surface area contributed by atoms with Crippen LogP contribution in [0.5, 0.6) is 5.75 Å². The lowest BCUT2D eigenvalue weighted by atomic mass is 10.1. The van der Waals surface area contributed by atoms with Gasteiger partial charge in [-0.25, -0.2) is 0 Å². The van der Waals surface area contributed by atoms with E-state index in [-0.39, 0.29) is 11.6 Å². The predicted molar refractivity (Wildman–Crippen MR) is 110 cm³/mol. The van der Waals surface area contributed by atoms with Crippen LogP contribution in [0.4, 0.5) is 0 Å². The molecule has 0 bridgehead atoms. The summed E-state index contributed by atoms with van der Waals surface area (Å²) in [6.07, 6.45) is 0. The molecule has 0 aliphatic heterocycles. The summed E-state index contributed by atoms with van der Waals surface area (Å²) in [7, 11) is 1.47. The summed E-state index contributed by atoms with van der Waals surface area (Å²) in [6.45, 7) is -0.796. The fourth-order valence-electron chi connectivity index (χ4n) is 2.71. The molecular formula is C22H18ClNO5. The zero-order valence-corrected chi connectivity index (χ0v) is 16.4. The van der Waals surface area contributed by atoms with E-state index in [0.29, 0.717) is 16.9 Å². The van der Waals surface area contributed by atoms with Gasteiger partial charge in [-0.15, -0.1) is 0 Å². The summed E-state index contributed by atoms with van der Waals surface area (Å²) in [5, 5.41) is 4.71. The molecule has 0 unspecified atom stereocenters. The van der Waals surface area contributed by atoms with E-state index in [9.17, 15) is 14.4 Å². The van der Waals surface area contributed by atoms with Crippen molar-refractivity contribution in [3.8, 4) is 5.75 Å². The maximum absolute atomic E-state index is 12.2. The molecule has 0 radical (unpaired) electrons. The molecule has 3 aromatic rings. The Bertz CT molecular complexity index is 1080. The van der Waals surface area contributed by atoms with Crippen molar-refractivity contribution in [1.29, 1.82) is 0 Å². The van der Waals surface area contributed by atoms with Gasteiger partial charge in [0.25, 0.3) is 5.91 Å². The molecule has 6 nitrogen and oxygen atoms in total. The number of nitrogens with one attached hydrogen (secondary N) is 1. The number of carbonyl (C=O) groups is 3. The molecule has 0 atom stereocenters. The maximum Gasteiger partial charge on any atom is 0.325 e. The normalized spacial score (nSPS) is 10.4. The quantitative estimate of drug-likeness (QED) is 0.474. The van der Waals surface area contributed by atoms with Gasteiger partial charge in [0.2, 0.25) is 0 Å². The van der Waals surface area contributed by atoms with Gasteiger partial charge in [-0.05, 0) is 41.1 Å². The molecule has 29 heavy (non-hydrogen) atoms. The molecule has 1 N–H and O–H groups in total. The number of hydrogen-bond acceptors (Lipinski definition) is 5. The van der Waals surface area contributed by atoms with Gasteiger partial charge in [-0.1, -0.05) is 41.9 Å². The highest BCUT2D eigenvalue weighted by atomic mass is 35.5. The SMILES string of the molecule is COc1ccc(C(=O)COC(=O)CNC(=O)c2ccc3ccccc3c2)cc1Cl. The highest BCUT2D eigenvalue weighted by Gasteiger charge is 2.14. The number of benzene rings is 3. The van der Waals surface area contributed by atoms with Gasteiger partial charge < -0.3 is 14.8 Å². The van der Waals surface area contributed by atoms with Crippen LogP contribution in [-0.4, -0.2) is 37.9 Å². The summed E-state index contributed by atoms with van der Waals surface area (Å²) in [5.41, 5.74) is 0.726. The second kappa shape index (κ2) is 9.21. The molecule has 0 aliphatic rings. The van der Waals surface area contributed by atoms with E-state index in [4.69, 9.17) is 21.1 Å². The molecule has 7 heteroatoms. The van der Waals surface area contributed by atoms with Gasteiger partial charge in [0.1, 0.15) is 12.3 Å². The average molecular weight is 412 g/mol. The zero-order chi connectivity index (χ0) is 20.8. The van der Waals surface area contributed by atoms with Gasteiger partial charge in [0, 0.05) is 11.1 Å². The molecule has 0 fully saturated rings. The molecule has 0 heterocycles. The van der Waals surface area contributed by atoms with E-state index in [1.54, 1.807) is 18.2 Å². The fraction of sp³-hybridized carbons (Fsp3) is 0.136. The highest BCUT2D eigenvalue weighted by Crippen LogP contribution is 2.25. The second-order valence-electron chi connectivity index (χ2n) is 6.18. The number of Topliss-reactive ketones (excluding diaryl/α,β-unsaturated/α-hetero) is 1. The van der Waals surface area contributed by atoms with Crippen molar-refractivity contribution in [2.45, 2.75) is 0 Å². The molecule has 3 aromatic carbocycles.